The summed E-state index contributed by atoms with van der Waals surface area (Å²) in [6, 6.07) is 3.84. The van der Waals surface area contributed by atoms with Gasteiger partial charge in [0.15, 0.2) is 0 Å². The van der Waals surface area contributed by atoms with Crippen LogP contribution in [0.1, 0.15) is 25.6 Å². The zero-order valence-electron chi connectivity index (χ0n) is 10.3. The third kappa shape index (κ3) is 2.81. The van der Waals surface area contributed by atoms with Crippen LogP contribution in [0.15, 0.2) is 33.6 Å². The monoisotopic (exact) mass is 310 g/mol. The molecule has 0 aromatic carbocycles. The molecule has 0 spiro atoms. The molecule has 5 nitrogen and oxygen atoms in total. The largest absolute Gasteiger partial charge is 0.467 e. The topological polar surface area (TPSA) is 63.0 Å². The second-order valence-corrected chi connectivity index (χ2v) is 4.59. The first-order valence-electron chi connectivity index (χ1n) is 5.76. The quantitative estimate of drug-likeness (QED) is 0.885. The van der Waals surface area contributed by atoms with E-state index in [1.54, 1.807) is 6.26 Å². The third-order valence-electron chi connectivity index (χ3n) is 2.46. The molecule has 0 bridgehead atoms. The van der Waals surface area contributed by atoms with Crippen LogP contribution >= 0.6 is 15.9 Å². The van der Waals surface area contributed by atoms with Crippen molar-refractivity contribution in [2.24, 2.45) is 0 Å². The summed E-state index contributed by atoms with van der Waals surface area (Å²) in [5.74, 6) is 2.39. The van der Waals surface area contributed by atoms with Gasteiger partial charge in [-0.1, -0.05) is 0 Å². The lowest BCUT2D eigenvalue weighted by Crippen LogP contribution is -2.09. The number of nitrogens with zero attached hydrogens (tertiary/aromatic N) is 2. The number of rotatable bonds is 5. The molecule has 2 aromatic heterocycles. The predicted octanol–water partition coefficient (Wildman–Crippen LogP) is 3.44. The fourth-order valence-corrected chi connectivity index (χ4v) is 2.03. The SMILES string of the molecule is CCNc1ncnc(NC(C)c2ccco2)c1Br. The lowest BCUT2D eigenvalue weighted by Gasteiger charge is -2.14. The molecular formula is C12H15BrN4O. The molecule has 2 rings (SSSR count). The second-order valence-electron chi connectivity index (χ2n) is 3.80. The van der Waals surface area contributed by atoms with Gasteiger partial charge in [-0.25, -0.2) is 9.97 Å². The molecule has 0 radical (unpaired) electrons. The Morgan fingerprint density at radius 2 is 2.17 bits per heavy atom. The Kier molecular flexibility index (Phi) is 4.19. The summed E-state index contributed by atoms with van der Waals surface area (Å²) in [6.07, 6.45) is 3.19. The first-order valence-corrected chi connectivity index (χ1v) is 6.56. The molecule has 0 aliphatic rings. The van der Waals surface area contributed by atoms with Crippen LogP contribution in [0.3, 0.4) is 0 Å². The van der Waals surface area contributed by atoms with Crippen molar-refractivity contribution >= 4 is 27.6 Å². The highest BCUT2D eigenvalue weighted by atomic mass is 79.9. The van der Waals surface area contributed by atoms with E-state index in [1.807, 2.05) is 26.0 Å². The predicted molar refractivity (Wildman–Crippen MR) is 74.6 cm³/mol. The minimum atomic E-state index is 0.0423. The van der Waals surface area contributed by atoms with E-state index in [0.29, 0.717) is 0 Å². The molecule has 6 heteroatoms. The van der Waals surface area contributed by atoms with E-state index in [0.717, 1.165) is 28.4 Å². The van der Waals surface area contributed by atoms with Gasteiger partial charge in [-0.15, -0.1) is 0 Å². The molecule has 1 atom stereocenters. The van der Waals surface area contributed by atoms with Gasteiger partial charge < -0.3 is 15.1 Å². The molecule has 0 saturated heterocycles. The van der Waals surface area contributed by atoms with E-state index >= 15 is 0 Å². The molecule has 1 unspecified atom stereocenters. The number of hydrogen-bond donors (Lipinski definition) is 2. The molecule has 0 fully saturated rings. The zero-order valence-corrected chi connectivity index (χ0v) is 11.9. The van der Waals surface area contributed by atoms with E-state index in [4.69, 9.17) is 4.42 Å². The van der Waals surface area contributed by atoms with E-state index < -0.39 is 0 Å². The van der Waals surface area contributed by atoms with Gasteiger partial charge in [0.25, 0.3) is 0 Å². The Hall–Kier alpha value is -1.56. The first-order chi connectivity index (χ1) is 8.72. The summed E-state index contributed by atoms with van der Waals surface area (Å²) >= 11 is 3.49. The normalized spacial score (nSPS) is 12.2. The zero-order chi connectivity index (χ0) is 13.0. The van der Waals surface area contributed by atoms with Crippen LogP contribution in [0.5, 0.6) is 0 Å². The van der Waals surface area contributed by atoms with Crippen LogP contribution < -0.4 is 10.6 Å². The van der Waals surface area contributed by atoms with Crippen LogP contribution in [0, 0.1) is 0 Å². The van der Waals surface area contributed by atoms with Crippen molar-refractivity contribution in [3.63, 3.8) is 0 Å². The van der Waals surface area contributed by atoms with Gasteiger partial charge in [-0.3, -0.25) is 0 Å². The first kappa shape index (κ1) is 12.9. The Morgan fingerprint density at radius 1 is 1.39 bits per heavy atom. The Balaban J connectivity index is 2.16. The Bertz CT molecular complexity index is 501. The van der Waals surface area contributed by atoms with Gasteiger partial charge in [0.1, 0.15) is 28.2 Å². The lowest BCUT2D eigenvalue weighted by atomic mass is 10.2. The summed E-state index contributed by atoms with van der Waals surface area (Å²) in [5.41, 5.74) is 0. The molecule has 0 aliphatic heterocycles. The van der Waals surface area contributed by atoms with E-state index in [1.165, 1.54) is 6.33 Å². The summed E-state index contributed by atoms with van der Waals surface area (Å²) < 4.78 is 6.17. The highest BCUT2D eigenvalue weighted by Crippen LogP contribution is 2.29. The maximum atomic E-state index is 5.35. The molecule has 0 aliphatic carbocycles. The van der Waals surface area contributed by atoms with Gasteiger partial charge in [-0.2, -0.15) is 0 Å². The van der Waals surface area contributed by atoms with Gasteiger partial charge in [0.2, 0.25) is 0 Å². The van der Waals surface area contributed by atoms with Crippen LogP contribution in [0.4, 0.5) is 11.6 Å². The summed E-state index contributed by atoms with van der Waals surface area (Å²) in [5, 5.41) is 6.44. The average molecular weight is 311 g/mol. The van der Waals surface area contributed by atoms with Gasteiger partial charge >= 0.3 is 0 Å². The lowest BCUT2D eigenvalue weighted by molar-refractivity contribution is 0.490. The van der Waals surface area contributed by atoms with E-state index in [2.05, 4.69) is 36.5 Å². The third-order valence-corrected chi connectivity index (χ3v) is 3.21. The van der Waals surface area contributed by atoms with Gasteiger partial charge in [-0.05, 0) is 41.9 Å². The molecular weight excluding hydrogens is 296 g/mol. The number of furan rings is 1. The fraction of sp³-hybridized carbons (Fsp3) is 0.333. The molecule has 0 saturated carbocycles. The maximum Gasteiger partial charge on any atom is 0.146 e. The summed E-state index contributed by atoms with van der Waals surface area (Å²) in [4.78, 5) is 8.39. The fourth-order valence-electron chi connectivity index (χ4n) is 1.58. The van der Waals surface area contributed by atoms with Crippen molar-refractivity contribution < 1.29 is 4.42 Å². The van der Waals surface area contributed by atoms with E-state index in [-0.39, 0.29) is 6.04 Å². The highest BCUT2D eigenvalue weighted by Gasteiger charge is 2.13. The maximum absolute atomic E-state index is 5.35. The number of nitrogens with one attached hydrogen (secondary N) is 2. The second kappa shape index (κ2) is 5.86. The summed E-state index contributed by atoms with van der Waals surface area (Å²) in [7, 11) is 0. The van der Waals surface area contributed by atoms with Crippen molar-refractivity contribution in [1.82, 2.24) is 9.97 Å². The van der Waals surface area contributed by atoms with Crippen molar-refractivity contribution in [2.45, 2.75) is 19.9 Å². The smallest absolute Gasteiger partial charge is 0.146 e. The number of halogens is 1. The molecule has 96 valence electrons. The van der Waals surface area contributed by atoms with Crippen molar-refractivity contribution in [3.8, 4) is 0 Å². The average Bonchev–Trinajstić information content (AvgIpc) is 2.88. The van der Waals surface area contributed by atoms with Crippen molar-refractivity contribution in [3.05, 3.63) is 35.0 Å². The van der Waals surface area contributed by atoms with Gasteiger partial charge in [0.05, 0.1) is 12.3 Å². The number of hydrogen-bond acceptors (Lipinski definition) is 5. The number of anilines is 2. The van der Waals surface area contributed by atoms with Crippen LogP contribution in [0.2, 0.25) is 0 Å². The molecule has 2 N–H and O–H groups in total. The summed E-state index contributed by atoms with van der Waals surface area (Å²) in [6.45, 7) is 4.84. The Labute approximate surface area is 114 Å². The minimum absolute atomic E-state index is 0.0423. The van der Waals surface area contributed by atoms with Crippen molar-refractivity contribution in [2.75, 3.05) is 17.2 Å². The van der Waals surface area contributed by atoms with Crippen molar-refractivity contribution in [1.29, 1.82) is 0 Å². The Morgan fingerprint density at radius 3 is 2.83 bits per heavy atom. The molecule has 18 heavy (non-hydrogen) atoms. The van der Waals surface area contributed by atoms with Crippen LogP contribution in [-0.4, -0.2) is 16.5 Å². The van der Waals surface area contributed by atoms with Crippen LogP contribution in [-0.2, 0) is 0 Å². The van der Waals surface area contributed by atoms with Gasteiger partial charge in [0, 0.05) is 6.54 Å². The van der Waals surface area contributed by atoms with E-state index in [9.17, 15) is 0 Å². The molecule has 0 amide bonds. The molecule has 2 heterocycles. The minimum Gasteiger partial charge on any atom is -0.467 e. The molecule has 2 aromatic rings. The standard InChI is InChI=1S/C12H15BrN4O/c1-3-14-11-10(13)12(16-7-15-11)17-8(2)9-5-4-6-18-9/h4-8H,3H2,1-2H3,(H2,14,15,16,17). The van der Waals surface area contributed by atoms with Crippen LogP contribution in [0.25, 0.3) is 0 Å². The number of aromatic nitrogens is 2. The highest BCUT2D eigenvalue weighted by molar-refractivity contribution is 9.10.